The topological polar surface area (TPSA) is 38.3 Å². The molecule has 0 amide bonds. The van der Waals surface area contributed by atoms with Gasteiger partial charge in [-0.25, -0.2) is 0 Å². The molecule has 17 heavy (non-hydrogen) atoms. The van der Waals surface area contributed by atoms with E-state index in [1.54, 1.807) is 0 Å². The summed E-state index contributed by atoms with van der Waals surface area (Å²) in [6, 6.07) is 0.484. The normalized spacial score (nSPS) is 23.4. The Labute approximate surface area is 105 Å². The lowest BCUT2D eigenvalue weighted by Crippen LogP contribution is -2.40. The van der Waals surface area contributed by atoms with Gasteiger partial charge in [0.05, 0.1) is 13.2 Å². The summed E-state index contributed by atoms with van der Waals surface area (Å²) in [5.74, 6) is -0.109. The van der Waals surface area contributed by atoms with E-state index in [0.29, 0.717) is 24.6 Å². The smallest absolute Gasteiger partial charge is 0.319 e. The number of carbonyl (C=O) groups is 1. The molecule has 3 heteroatoms. The van der Waals surface area contributed by atoms with Crippen LogP contribution in [0.4, 0.5) is 0 Å². The number of rotatable bonds is 6. The number of ether oxygens (including phenoxy) is 1. The van der Waals surface area contributed by atoms with Crippen molar-refractivity contribution in [2.75, 3.05) is 13.2 Å². The van der Waals surface area contributed by atoms with E-state index in [4.69, 9.17) is 4.74 Å². The molecule has 0 aromatic heterocycles. The fraction of sp³-hybridized carbons (Fsp3) is 0.929. The van der Waals surface area contributed by atoms with Crippen molar-refractivity contribution >= 4 is 5.97 Å². The van der Waals surface area contributed by atoms with Crippen LogP contribution in [0.25, 0.3) is 0 Å². The molecule has 0 heterocycles. The van der Waals surface area contributed by atoms with Crippen LogP contribution in [0.3, 0.4) is 0 Å². The molecule has 0 aromatic carbocycles. The predicted octanol–water partition coefficient (Wildman–Crippen LogP) is 2.89. The van der Waals surface area contributed by atoms with Crippen LogP contribution < -0.4 is 5.32 Å². The Bertz CT molecular complexity index is 238. The largest absolute Gasteiger partial charge is 0.465 e. The molecular weight excluding hydrogens is 214 g/mol. The van der Waals surface area contributed by atoms with E-state index in [1.807, 2.05) is 0 Å². The standard InChI is InChI=1S/C14H27NO2/c1-4-5-9-17-13(16)11-15-12-7-6-8-14(2,3)10-12/h12,15H,4-11H2,1-3H3. The van der Waals surface area contributed by atoms with Gasteiger partial charge >= 0.3 is 5.97 Å². The first kappa shape index (κ1) is 14.5. The lowest BCUT2D eigenvalue weighted by Gasteiger charge is -2.35. The van der Waals surface area contributed by atoms with Crippen molar-refractivity contribution in [1.29, 1.82) is 0 Å². The lowest BCUT2D eigenvalue weighted by molar-refractivity contribution is -0.142. The summed E-state index contributed by atoms with van der Waals surface area (Å²) in [5, 5.41) is 3.33. The summed E-state index contributed by atoms with van der Waals surface area (Å²) < 4.78 is 5.12. The minimum Gasteiger partial charge on any atom is -0.465 e. The molecule has 1 unspecified atom stereocenters. The molecule has 3 nitrogen and oxygen atoms in total. The van der Waals surface area contributed by atoms with Crippen LogP contribution in [-0.4, -0.2) is 25.2 Å². The molecule has 1 N–H and O–H groups in total. The van der Waals surface area contributed by atoms with Crippen molar-refractivity contribution in [3.8, 4) is 0 Å². The molecule has 0 radical (unpaired) electrons. The zero-order chi connectivity index (χ0) is 12.7. The second-order valence-electron chi connectivity index (χ2n) is 5.91. The average Bonchev–Trinajstić information content (AvgIpc) is 2.25. The van der Waals surface area contributed by atoms with Crippen LogP contribution in [0.15, 0.2) is 0 Å². The fourth-order valence-corrected chi connectivity index (χ4v) is 2.48. The molecular formula is C14H27NO2. The molecule has 1 rings (SSSR count). The molecule has 100 valence electrons. The highest BCUT2D eigenvalue weighted by molar-refractivity contribution is 5.71. The first-order chi connectivity index (χ1) is 8.03. The van der Waals surface area contributed by atoms with Crippen LogP contribution in [0.2, 0.25) is 0 Å². The van der Waals surface area contributed by atoms with Gasteiger partial charge in [0.1, 0.15) is 0 Å². The SMILES string of the molecule is CCCCOC(=O)CNC1CCCC(C)(C)C1. The molecule has 0 spiro atoms. The minimum absolute atomic E-state index is 0.109. The predicted molar refractivity (Wildman–Crippen MR) is 69.9 cm³/mol. The molecule has 0 saturated heterocycles. The summed E-state index contributed by atoms with van der Waals surface area (Å²) in [4.78, 5) is 11.4. The molecule has 0 aliphatic heterocycles. The third kappa shape index (κ3) is 6.06. The Hall–Kier alpha value is -0.570. The van der Waals surface area contributed by atoms with Gasteiger partial charge in [0.2, 0.25) is 0 Å². The highest BCUT2D eigenvalue weighted by Crippen LogP contribution is 2.34. The zero-order valence-electron chi connectivity index (χ0n) is 11.6. The molecule has 1 aliphatic rings. The monoisotopic (exact) mass is 241 g/mol. The molecule has 0 bridgehead atoms. The van der Waals surface area contributed by atoms with Crippen molar-refractivity contribution in [2.24, 2.45) is 5.41 Å². The van der Waals surface area contributed by atoms with Gasteiger partial charge in [0.25, 0.3) is 0 Å². The van der Waals surface area contributed by atoms with Crippen molar-refractivity contribution in [3.05, 3.63) is 0 Å². The maximum absolute atomic E-state index is 11.4. The molecule has 1 atom stereocenters. The van der Waals surface area contributed by atoms with Gasteiger partial charge in [-0.2, -0.15) is 0 Å². The molecule has 1 aliphatic carbocycles. The molecule has 0 aromatic rings. The van der Waals surface area contributed by atoms with Crippen LogP contribution in [0, 0.1) is 5.41 Å². The van der Waals surface area contributed by atoms with Crippen molar-refractivity contribution in [3.63, 3.8) is 0 Å². The Morgan fingerprint density at radius 3 is 2.88 bits per heavy atom. The number of hydrogen-bond acceptors (Lipinski definition) is 3. The van der Waals surface area contributed by atoms with Gasteiger partial charge in [-0.3, -0.25) is 4.79 Å². The highest BCUT2D eigenvalue weighted by Gasteiger charge is 2.27. The second-order valence-corrected chi connectivity index (χ2v) is 5.91. The first-order valence-corrected chi connectivity index (χ1v) is 6.92. The zero-order valence-corrected chi connectivity index (χ0v) is 11.6. The van der Waals surface area contributed by atoms with E-state index < -0.39 is 0 Å². The molecule has 1 saturated carbocycles. The van der Waals surface area contributed by atoms with Crippen molar-refractivity contribution in [1.82, 2.24) is 5.32 Å². The van der Waals surface area contributed by atoms with Gasteiger partial charge in [0.15, 0.2) is 0 Å². The van der Waals surface area contributed by atoms with Crippen LogP contribution in [0.5, 0.6) is 0 Å². The van der Waals surface area contributed by atoms with E-state index in [1.165, 1.54) is 19.3 Å². The number of hydrogen-bond donors (Lipinski definition) is 1. The Balaban J connectivity index is 2.15. The van der Waals surface area contributed by atoms with E-state index in [9.17, 15) is 4.79 Å². The first-order valence-electron chi connectivity index (χ1n) is 6.92. The van der Waals surface area contributed by atoms with Gasteiger partial charge < -0.3 is 10.1 Å². The maximum atomic E-state index is 11.4. The van der Waals surface area contributed by atoms with E-state index >= 15 is 0 Å². The van der Waals surface area contributed by atoms with E-state index in [2.05, 4.69) is 26.1 Å². The Morgan fingerprint density at radius 2 is 2.24 bits per heavy atom. The molecule has 1 fully saturated rings. The third-order valence-electron chi connectivity index (χ3n) is 3.50. The summed E-state index contributed by atoms with van der Waals surface area (Å²) in [5.41, 5.74) is 0.419. The lowest BCUT2D eigenvalue weighted by atomic mass is 9.75. The fourth-order valence-electron chi connectivity index (χ4n) is 2.48. The number of unbranched alkanes of at least 4 members (excludes halogenated alkanes) is 1. The van der Waals surface area contributed by atoms with Gasteiger partial charge in [-0.1, -0.05) is 33.6 Å². The quantitative estimate of drug-likeness (QED) is 0.574. The summed E-state index contributed by atoms with van der Waals surface area (Å²) >= 11 is 0. The average molecular weight is 241 g/mol. The van der Waals surface area contributed by atoms with Crippen LogP contribution >= 0.6 is 0 Å². The summed E-state index contributed by atoms with van der Waals surface area (Å²) in [6.07, 6.45) is 6.93. The van der Waals surface area contributed by atoms with E-state index in [-0.39, 0.29) is 5.97 Å². The number of nitrogens with one attached hydrogen (secondary N) is 1. The minimum atomic E-state index is -0.109. The number of carbonyl (C=O) groups excluding carboxylic acids is 1. The van der Waals surface area contributed by atoms with Crippen molar-refractivity contribution in [2.45, 2.75) is 65.3 Å². The third-order valence-corrected chi connectivity index (χ3v) is 3.50. The highest BCUT2D eigenvalue weighted by atomic mass is 16.5. The van der Waals surface area contributed by atoms with Crippen LogP contribution in [0.1, 0.15) is 59.3 Å². The summed E-state index contributed by atoms with van der Waals surface area (Å²) in [6.45, 7) is 7.63. The van der Waals surface area contributed by atoms with Gasteiger partial charge in [-0.05, 0) is 31.1 Å². The van der Waals surface area contributed by atoms with Crippen molar-refractivity contribution < 1.29 is 9.53 Å². The van der Waals surface area contributed by atoms with Gasteiger partial charge in [-0.15, -0.1) is 0 Å². The Morgan fingerprint density at radius 1 is 1.47 bits per heavy atom. The summed E-state index contributed by atoms with van der Waals surface area (Å²) in [7, 11) is 0. The van der Waals surface area contributed by atoms with Crippen LogP contribution in [-0.2, 0) is 9.53 Å². The Kier molecular flexibility index (Phi) is 5.96. The van der Waals surface area contributed by atoms with Gasteiger partial charge in [0, 0.05) is 6.04 Å². The number of esters is 1. The second kappa shape index (κ2) is 7.00. The maximum Gasteiger partial charge on any atom is 0.319 e. The van der Waals surface area contributed by atoms with E-state index in [0.717, 1.165) is 19.3 Å².